The van der Waals surface area contributed by atoms with E-state index in [1.165, 1.54) is 20.0 Å². The van der Waals surface area contributed by atoms with Gasteiger partial charge in [0.15, 0.2) is 0 Å². The van der Waals surface area contributed by atoms with Crippen LogP contribution in [0, 0.1) is 0 Å². The van der Waals surface area contributed by atoms with Crippen LogP contribution in [0.3, 0.4) is 0 Å². The molecule has 0 bridgehead atoms. The Bertz CT molecular complexity index is 212. The molecule has 4 nitrogen and oxygen atoms in total. The van der Waals surface area contributed by atoms with Crippen LogP contribution >= 0.6 is 12.4 Å². The van der Waals surface area contributed by atoms with E-state index < -0.39 is 0 Å². The summed E-state index contributed by atoms with van der Waals surface area (Å²) in [6.07, 6.45) is 4.09. The lowest BCUT2D eigenvalue weighted by atomic mass is 9.97. The van der Waals surface area contributed by atoms with Gasteiger partial charge in [0.2, 0.25) is 0 Å². The zero-order valence-electron chi connectivity index (χ0n) is 10.1. The van der Waals surface area contributed by atoms with Gasteiger partial charge in [-0.1, -0.05) is 6.42 Å². The third kappa shape index (κ3) is 4.68. The van der Waals surface area contributed by atoms with Crippen molar-refractivity contribution in [3.8, 4) is 0 Å². The summed E-state index contributed by atoms with van der Waals surface area (Å²) >= 11 is 0. The highest BCUT2D eigenvalue weighted by Crippen LogP contribution is 2.19. The van der Waals surface area contributed by atoms with E-state index in [-0.39, 0.29) is 24.4 Å². The number of halogens is 1. The molecule has 2 N–H and O–H groups in total. The summed E-state index contributed by atoms with van der Waals surface area (Å²) in [5.41, 5.74) is 5.94. The standard InChI is InChI=1S/C11H22N2O2.ClH/c1-9(12)10-5-3-4-7-13(10)8-6-11(14)15-2;/h9-10H,3-8,12H2,1-2H3;1H. The Balaban J connectivity index is 0.00000225. The summed E-state index contributed by atoms with van der Waals surface area (Å²) in [5, 5.41) is 0. The lowest BCUT2D eigenvalue weighted by molar-refractivity contribution is -0.141. The lowest BCUT2D eigenvalue weighted by Crippen LogP contribution is -2.49. The van der Waals surface area contributed by atoms with E-state index in [2.05, 4.69) is 9.64 Å². The van der Waals surface area contributed by atoms with Crippen molar-refractivity contribution in [3.63, 3.8) is 0 Å². The smallest absolute Gasteiger partial charge is 0.306 e. The fourth-order valence-corrected chi connectivity index (χ4v) is 2.23. The summed E-state index contributed by atoms with van der Waals surface area (Å²) in [6.45, 7) is 3.88. The molecule has 0 saturated carbocycles. The average molecular weight is 251 g/mol. The summed E-state index contributed by atoms with van der Waals surface area (Å²) in [6, 6.07) is 0.617. The van der Waals surface area contributed by atoms with Crippen LogP contribution in [0.5, 0.6) is 0 Å². The van der Waals surface area contributed by atoms with Crippen LogP contribution in [0.4, 0.5) is 0 Å². The first-order valence-corrected chi connectivity index (χ1v) is 5.71. The molecule has 1 fully saturated rings. The molecule has 2 unspecified atom stereocenters. The van der Waals surface area contributed by atoms with Crippen molar-refractivity contribution in [2.75, 3.05) is 20.2 Å². The highest BCUT2D eigenvalue weighted by atomic mass is 35.5. The molecule has 96 valence electrons. The molecule has 2 atom stereocenters. The van der Waals surface area contributed by atoms with E-state index in [4.69, 9.17) is 5.73 Å². The topological polar surface area (TPSA) is 55.6 Å². The lowest BCUT2D eigenvalue weighted by Gasteiger charge is -2.37. The Morgan fingerprint density at radius 2 is 2.25 bits per heavy atom. The first-order chi connectivity index (χ1) is 7.15. The van der Waals surface area contributed by atoms with E-state index in [0.29, 0.717) is 12.5 Å². The van der Waals surface area contributed by atoms with Crippen molar-refractivity contribution in [2.24, 2.45) is 5.73 Å². The molecule has 0 aromatic rings. The molecule has 5 heteroatoms. The number of nitrogens with zero attached hydrogens (tertiary/aromatic N) is 1. The number of methoxy groups -OCH3 is 1. The first-order valence-electron chi connectivity index (χ1n) is 5.71. The number of likely N-dealkylation sites (tertiary alicyclic amines) is 1. The average Bonchev–Trinajstić information content (AvgIpc) is 2.26. The Hall–Kier alpha value is -0.320. The second kappa shape index (κ2) is 7.87. The molecule has 0 spiro atoms. The van der Waals surface area contributed by atoms with Crippen LogP contribution in [0.1, 0.15) is 32.6 Å². The molecule has 0 aromatic heterocycles. The monoisotopic (exact) mass is 250 g/mol. The minimum atomic E-state index is -0.135. The van der Waals surface area contributed by atoms with E-state index in [9.17, 15) is 4.79 Å². The summed E-state index contributed by atoms with van der Waals surface area (Å²) in [4.78, 5) is 13.4. The van der Waals surface area contributed by atoms with Gasteiger partial charge in [-0.15, -0.1) is 12.4 Å². The number of nitrogens with two attached hydrogens (primary N) is 1. The highest BCUT2D eigenvalue weighted by Gasteiger charge is 2.25. The summed E-state index contributed by atoms with van der Waals surface area (Å²) in [7, 11) is 1.43. The van der Waals surface area contributed by atoms with Crippen molar-refractivity contribution in [3.05, 3.63) is 0 Å². The molecule has 1 heterocycles. The zero-order valence-corrected chi connectivity index (χ0v) is 11.0. The maximum atomic E-state index is 11.1. The third-order valence-corrected chi connectivity index (χ3v) is 3.10. The van der Waals surface area contributed by atoms with Crippen molar-refractivity contribution in [1.82, 2.24) is 4.90 Å². The number of carbonyl (C=O) groups is 1. The SMILES string of the molecule is COC(=O)CCN1CCCCC1C(C)N.Cl. The Labute approximate surface area is 104 Å². The van der Waals surface area contributed by atoms with Crippen molar-refractivity contribution < 1.29 is 9.53 Å². The predicted molar refractivity (Wildman–Crippen MR) is 66.7 cm³/mol. The van der Waals surface area contributed by atoms with Crippen LogP contribution in [-0.2, 0) is 9.53 Å². The number of carbonyl (C=O) groups excluding carboxylic acids is 1. The molecular weight excluding hydrogens is 228 g/mol. The van der Waals surface area contributed by atoms with Gasteiger partial charge in [0.25, 0.3) is 0 Å². The molecule has 1 rings (SSSR count). The van der Waals surface area contributed by atoms with Crippen LogP contribution in [0.15, 0.2) is 0 Å². The minimum absolute atomic E-state index is 0. The second-order valence-corrected chi connectivity index (χ2v) is 4.28. The largest absolute Gasteiger partial charge is 0.469 e. The molecule has 1 aliphatic rings. The van der Waals surface area contributed by atoms with E-state index in [1.807, 2.05) is 6.92 Å². The van der Waals surface area contributed by atoms with Gasteiger partial charge in [-0.25, -0.2) is 0 Å². The number of hydrogen-bond donors (Lipinski definition) is 1. The number of ether oxygens (including phenoxy) is 1. The highest BCUT2D eigenvalue weighted by molar-refractivity contribution is 5.85. The van der Waals surface area contributed by atoms with Gasteiger partial charge < -0.3 is 10.5 Å². The quantitative estimate of drug-likeness (QED) is 0.762. The molecule has 16 heavy (non-hydrogen) atoms. The van der Waals surface area contributed by atoms with Gasteiger partial charge in [0, 0.05) is 18.6 Å². The molecule has 0 radical (unpaired) electrons. The zero-order chi connectivity index (χ0) is 11.3. The van der Waals surface area contributed by atoms with E-state index in [1.54, 1.807) is 0 Å². The molecule has 0 amide bonds. The van der Waals surface area contributed by atoms with Crippen LogP contribution in [-0.4, -0.2) is 43.2 Å². The van der Waals surface area contributed by atoms with Gasteiger partial charge in [-0.3, -0.25) is 9.69 Å². The normalized spacial score (nSPS) is 23.3. The maximum absolute atomic E-state index is 11.1. The predicted octanol–water partition coefficient (Wildman–Crippen LogP) is 1.17. The van der Waals surface area contributed by atoms with Gasteiger partial charge in [-0.2, -0.15) is 0 Å². The van der Waals surface area contributed by atoms with E-state index in [0.717, 1.165) is 19.5 Å². The Kier molecular flexibility index (Phi) is 7.72. The third-order valence-electron chi connectivity index (χ3n) is 3.10. The van der Waals surface area contributed by atoms with Crippen LogP contribution in [0.25, 0.3) is 0 Å². The summed E-state index contributed by atoms with van der Waals surface area (Å²) < 4.78 is 4.64. The molecule has 1 aliphatic heterocycles. The molecule has 0 aromatic carbocycles. The fraction of sp³-hybridized carbons (Fsp3) is 0.909. The maximum Gasteiger partial charge on any atom is 0.306 e. The van der Waals surface area contributed by atoms with Gasteiger partial charge in [0.05, 0.1) is 13.5 Å². The fourth-order valence-electron chi connectivity index (χ4n) is 2.23. The number of hydrogen-bond acceptors (Lipinski definition) is 4. The second-order valence-electron chi connectivity index (χ2n) is 4.28. The first kappa shape index (κ1) is 15.7. The van der Waals surface area contributed by atoms with Crippen molar-refractivity contribution in [1.29, 1.82) is 0 Å². The summed E-state index contributed by atoms with van der Waals surface area (Å²) in [5.74, 6) is -0.135. The molecule has 0 aliphatic carbocycles. The van der Waals surface area contributed by atoms with E-state index >= 15 is 0 Å². The molecule has 1 saturated heterocycles. The number of rotatable bonds is 4. The van der Waals surface area contributed by atoms with Gasteiger partial charge >= 0.3 is 5.97 Å². The van der Waals surface area contributed by atoms with Gasteiger partial charge in [0.1, 0.15) is 0 Å². The van der Waals surface area contributed by atoms with Crippen molar-refractivity contribution in [2.45, 2.75) is 44.7 Å². The van der Waals surface area contributed by atoms with Crippen LogP contribution in [0.2, 0.25) is 0 Å². The number of piperidine rings is 1. The minimum Gasteiger partial charge on any atom is -0.469 e. The Morgan fingerprint density at radius 1 is 1.56 bits per heavy atom. The molecular formula is C11H23ClN2O2. The van der Waals surface area contributed by atoms with Crippen molar-refractivity contribution >= 4 is 18.4 Å². The van der Waals surface area contributed by atoms with Crippen LogP contribution < -0.4 is 5.73 Å². The number of esters is 1. The van der Waals surface area contributed by atoms with Gasteiger partial charge in [-0.05, 0) is 26.3 Å². The Morgan fingerprint density at radius 3 is 2.81 bits per heavy atom.